The Labute approximate surface area is 134 Å². The first-order valence-corrected chi connectivity index (χ1v) is 11.1. The lowest BCUT2D eigenvalue weighted by molar-refractivity contribution is 0.111. The van der Waals surface area contributed by atoms with Gasteiger partial charge in [-0.1, -0.05) is 25.6 Å². The Balaban J connectivity index is 2.23. The molecule has 0 spiro atoms. The first-order chi connectivity index (χ1) is 10.1. The molecule has 2 rings (SSSR count). The number of likely N-dealkylation sites (N-methyl/N-ethyl adjacent to an activating group) is 1. The van der Waals surface area contributed by atoms with Crippen LogP contribution in [0.15, 0.2) is 18.3 Å². The lowest BCUT2D eigenvalue weighted by atomic mass is 9.81. The Hall–Kier alpha value is -1.80. The zero-order chi connectivity index (χ0) is 16.5. The summed E-state index contributed by atoms with van der Waals surface area (Å²) >= 11 is 0. The first-order valence-electron chi connectivity index (χ1n) is 7.62. The molecule has 1 aromatic heterocycles. The number of urea groups is 1. The van der Waals surface area contributed by atoms with E-state index in [4.69, 9.17) is 0 Å². The molecule has 1 aromatic rings. The summed E-state index contributed by atoms with van der Waals surface area (Å²) in [6, 6.07) is 4.03. The van der Waals surface area contributed by atoms with Gasteiger partial charge in [-0.2, -0.15) is 0 Å². The molecule has 0 radical (unpaired) electrons. The van der Waals surface area contributed by atoms with Crippen molar-refractivity contribution in [2.75, 3.05) is 13.6 Å². The number of hydrogen-bond donors (Lipinski definition) is 1. The second kappa shape index (κ2) is 5.77. The molecule has 22 heavy (non-hydrogen) atoms. The number of aromatic nitrogens is 1. The molecular formula is C17H25N3OSi. The van der Waals surface area contributed by atoms with Gasteiger partial charge in [0.25, 0.3) is 0 Å². The molecule has 0 aromatic carbocycles. The third-order valence-corrected chi connectivity index (χ3v) is 5.08. The van der Waals surface area contributed by atoms with E-state index >= 15 is 0 Å². The summed E-state index contributed by atoms with van der Waals surface area (Å²) in [7, 11) is 0.460. The first kappa shape index (κ1) is 16.6. The van der Waals surface area contributed by atoms with Crippen LogP contribution >= 0.6 is 0 Å². The number of nitrogens with zero attached hydrogens (tertiary/aromatic N) is 2. The average Bonchev–Trinajstić information content (AvgIpc) is 2.43. The van der Waals surface area contributed by atoms with Crippen molar-refractivity contribution in [1.29, 1.82) is 0 Å². The fourth-order valence-corrected chi connectivity index (χ4v) is 2.98. The molecule has 1 unspecified atom stereocenters. The Morgan fingerprint density at radius 3 is 2.59 bits per heavy atom. The van der Waals surface area contributed by atoms with Crippen LogP contribution in [0.2, 0.25) is 19.6 Å². The summed E-state index contributed by atoms with van der Waals surface area (Å²) in [5.41, 5.74) is 5.04. The molecule has 2 amide bonds. The number of rotatable bonds is 1. The molecule has 2 heterocycles. The van der Waals surface area contributed by atoms with E-state index in [1.54, 1.807) is 4.90 Å². The lowest BCUT2D eigenvalue weighted by Gasteiger charge is -2.45. The van der Waals surface area contributed by atoms with Gasteiger partial charge >= 0.3 is 6.03 Å². The molecule has 4 nitrogen and oxygen atoms in total. The summed E-state index contributed by atoms with van der Waals surface area (Å²) < 4.78 is 0. The molecule has 1 fully saturated rings. The second-order valence-electron chi connectivity index (χ2n) is 7.42. The van der Waals surface area contributed by atoms with Crippen LogP contribution in [0.25, 0.3) is 0 Å². The van der Waals surface area contributed by atoms with E-state index < -0.39 is 8.07 Å². The Morgan fingerprint density at radius 1 is 1.36 bits per heavy atom. The molecular weight excluding hydrogens is 290 g/mol. The van der Waals surface area contributed by atoms with E-state index in [-0.39, 0.29) is 17.5 Å². The largest absolute Gasteiger partial charge is 0.337 e. The predicted molar refractivity (Wildman–Crippen MR) is 92.4 cm³/mol. The van der Waals surface area contributed by atoms with Gasteiger partial charge in [-0.25, -0.2) is 4.79 Å². The van der Waals surface area contributed by atoms with Gasteiger partial charge in [-0.05, 0) is 26.0 Å². The zero-order valence-electron chi connectivity index (χ0n) is 14.3. The minimum Gasteiger partial charge on any atom is -0.337 e. The smallest absolute Gasteiger partial charge is 0.317 e. The van der Waals surface area contributed by atoms with Crippen LogP contribution < -0.4 is 5.32 Å². The van der Waals surface area contributed by atoms with E-state index in [0.717, 1.165) is 11.3 Å². The molecule has 0 aliphatic carbocycles. The highest BCUT2D eigenvalue weighted by atomic mass is 28.3. The number of carbonyl (C=O) groups excluding carboxylic acids is 1. The van der Waals surface area contributed by atoms with Gasteiger partial charge in [0, 0.05) is 42.5 Å². The van der Waals surface area contributed by atoms with Crippen molar-refractivity contribution in [3.05, 3.63) is 29.6 Å². The Kier molecular flexibility index (Phi) is 4.34. The fourth-order valence-electron chi connectivity index (χ4n) is 2.46. The maximum Gasteiger partial charge on any atom is 0.317 e. The maximum atomic E-state index is 11.8. The van der Waals surface area contributed by atoms with Crippen molar-refractivity contribution in [3.63, 3.8) is 0 Å². The summed E-state index contributed by atoms with van der Waals surface area (Å²) in [5, 5.41) is 2.92. The van der Waals surface area contributed by atoms with Gasteiger partial charge in [0.1, 0.15) is 8.07 Å². The molecule has 1 aliphatic rings. The molecule has 0 bridgehead atoms. The third kappa shape index (κ3) is 3.50. The van der Waals surface area contributed by atoms with Gasteiger partial charge < -0.3 is 10.2 Å². The predicted octanol–water partition coefficient (Wildman–Crippen LogP) is 2.83. The minimum absolute atomic E-state index is 0.0288. The highest BCUT2D eigenvalue weighted by Crippen LogP contribution is 2.33. The van der Waals surface area contributed by atoms with Crippen LogP contribution in [0, 0.1) is 11.5 Å². The maximum absolute atomic E-state index is 11.8. The Morgan fingerprint density at radius 2 is 2.05 bits per heavy atom. The molecule has 118 valence electrons. The van der Waals surface area contributed by atoms with E-state index in [9.17, 15) is 4.79 Å². The molecule has 1 aliphatic heterocycles. The van der Waals surface area contributed by atoms with Crippen molar-refractivity contribution in [2.24, 2.45) is 0 Å². The second-order valence-corrected chi connectivity index (χ2v) is 12.2. The number of amides is 2. The monoisotopic (exact) mass is 315 g/mol. The summed E-state index contributed by atoms with van der Waals surface area (Å²) in [6.45, 7) is 11.5. The van der Waals surface area contributed by atoms with Gasteiger partial charge in [-0.3, -0.25) is 4.98 Å². The van der Waals surface area contributed by atoms with Gasteiger partial charge in [0.05, 0.1) is 0 Å². The normalized spacial score (nSPS) is 20.9. The topological polar surface area (TPSA) is 45.2 Å². The quantitative estimate of drug-likeness (QED) is 0.640. The average molecular weight is 315 g/mol. The van der Waals surface area contributed by atoms with Gasteiger partial charge in [-0.15, -0.1) is 5.54 Å². The van der Waals surface area contributed by atoms with Crippen LogP contribution in [0.5, 0.6) is 0 Å². The van der Waals surface area contributed by atoms with E-state index in [2.05, 4.69) is 55.3 Å². The fraction of sp³-hybridized carbons (Fsp3) is 0.529. The number of hydrogen-bond acceptors (Lipinski definition) is 2. The molecule has 0 saturated carbocycles. The molecule has 1 atom stereocenters. The molecule has 1 N–H and O–H groups in total. The standard InChI is InChI=1S/C17H25N3OSi/c1-17(2)14(12-19-16(21)20(17)3)15-8-7-13(11-18-15)9-10-22(4,5)6/h7-8,11,14H,12H2,1-6H3,(H,19,21). The van der Waals surface area contributed by atoms with Crippen LogP contribution in [-0.2, 0) is 0 Å². The molecule has 1 saturated heterocycles. The number of nitrogens with one attached hydrogen (secondary N) is 1. The zero-order valence-corrected chi connectivity index (χ0v) is 15.3. The van der Waals surface area contributed by atoms with E-state index in [1.165, 1.54) is 0 Å². The van der Waals surface area contributed by atoms with Crippen LogP contribution in [0.3, 0.4) is 0 Å². The highest BCUT2D eigenvalue weighted by molar-refractivity contribution is 6.83. The number of pyridine rings is 1. The van der Waals surface area contributed by atoms with Crippen molar-refractivity contribution in [1.82, 2.24) is 15.2 Å². The van der Waals surface area contributed by atoms with Crippen molar-refractivity contribution < 1.29 is 4.79 Å². The van der Waals surface area contributed by atoms with Crippen molar-refractivity contribution in [2.45, 2.75) is 44.9 Å². The lowest BCUT2D eigenvalue weighted by Crippen LogP contribution is -2.60. The van der Waals surface area contributed by atoms with Crippen LogP contribution in [0.1, 0.15) is 31.0 Å². The highest BCUT2D eigenvalue weighted by Gasteiger charge is 2.41. The van der Waals surface area contributed by atoms with Crippen LogP contribution in [-0.4, -0.2) is 43.1 Å². The Bertz CT molecular complexity index is 620. The van der Waals surface area contributed by atoms with E-state index in [1.807, 2.05) is 25.4 Å². The van der Waals surface area contributed by atoms with Crippen molar-refractivity contribution >= 4 is 14.1 Å². The summed E-state index contributed by atoms with van der Waals surface area (Å²) in [6.07, 6.45) is 1.84. The molecule has 5 heteroatoms. The van der Waals surface area contributed by atoms with Gasteiger partial charge in [0.2, 0.25) is 0 Å². The van der Waals surface area contributed by atoms with Gasteiger partial charge in [0.15, 0.2) is 0 Å². The van der Waals surface area contributed by atoms with Crippen LogP contribution in [0.4, 0.5) is 4.79 Å². The third-order valence-electron chi connectivity index (χ3n) is 4.20. The summed E-state index contributed by atoms with van der Waals surface area (Å²) in [4.78, 5) is 18.1. The number of carbonyl (C=O) groups is 1. The van der Waals surface area contributed by atoms with Crippen molar-refractivity contribution in [3.8, 4) is 11.5 Å². The SMILES string of the molecule is CN1C(=O)NCC(c2ccc(C#C[Si](C)(C)C)cn2)C1(C)C. The minimum atomic E-state index is -1.37. The summed E-state index contributed by atoms with van der Waals surface area (Å²) in [5.74, 6) is 3.38. The van der Waals surface area contributed by atoms with E-state index in [0.29, 0.717) is 6.54 Å².